The fourth-order valence-electron chi connectivity index (χ4n) is 3.11. The number of benzene rings is 3. The molecular weight excluding hydrogens is 613 g/mol. The van der Waals surface area contributed by atoms with Crippen molar-refractivity contribution in [2.75, 3.05) is 0 Å². The van der Waals surface area contributed by atoms with Crippen molar-refractivity contribution >= 4 is 84.0 Å². The first-order valence-corrected chi connectivity index (χ1v) is 12.8. The first-order chi connectivity index (χ1) is 15.8. The van der Waals surface area contributed by atoms with E-state index in [0.29, 0.717) is 26.3 Å². The number of rotatable bonds is 6. The van der Waals surface area contributed by atoms with E-state index < -0.39 is 0 Å². The zero-order chi connectivity index (χ0) is 23.5. The van der Waals surface area contributed by atoms with Gasteiger partial charge in [0.25, 0.3) is 11.1 Å². The summed E-state index contributed by atoms with van der Waals surface area (Å²) in [4.78, 5) is 27.1. The number of nitrogens with zero attached hydrogens (tertiary/aromatic N) is 1. The lowest BCUT2D eigenvalue weighted by Crippen LogP contribution is -2.27. The maximum absolute atomic E-state index is 13.0. The fourth-order valence-corrected chi connectivity index (χ4v) is 5.04. The van der Waals surface area contributed by atoms with Gasteiger partial charge in [0.15, 0.2) is 0 Å². The minimum absolute atomic E-state index is 0.214. The molecule has 0 aromatic heterocycles. The Morgan fingerprint density at radius 3 is 2.39 bits per heavy atom. The average molecular weight is 628 g/mol. The van der Waals surface area contributed by atoms with Crippen LogP contribution in [0, 0.1) is 0 Å². The lowest BCUT2D eigenvalue weighted by atomic mass is 10.1. The van der Waals surface area contributed by atoms with Crippen molar-refractivity contribution in [3.63, 3.8) is 0 Å². The van der Waals surface area contributed by atoms with Gasteiger partial charge in [-0.05, 0) is 65.9 Å². The Hall–Kier alpha value is -1.77. The van der Waals surface area contributed by atoms with E-state index in [9.17, 15) is 9.59 Å². The molecule has 0 unspecified atom stereocenters. The van der Waals surface area contributed by atoms with Crippen LogP contribution in [-0.4, -0.2) is 16.0 Å². The van der Waals surface area contributed by atoms with Crippen molar-refractivity contribution in [1.82, 2.24) is 4.90 Å². The number of thioether (sulfide) groups is 1. The minimum Gasteiger partial charge on any atom is -0.488 e. The van der Waals surface area contributed by atoms with Gasteiger partial charge in [-0.15, -0.1) is 0 Å². The largest absolute Gasteiger partial charge is 0.488 e. The van der Waals surface area contributed by atoms with E-state index in [1.165, 1.54) is 4.90 Å². The number of carbonyl (C=O) groups excluding carboxylic acids is 2. The molecule has 1 saturated heterocycles. The molecule has 1 fully saturated rings. The summed E-state index contributed by atoms with van der Waals surface area (Å²) < 4.78 is 7.74. The van der Waals surface area contributed by atoms with E-state index in [4.69, 9.17) is 27.9 Å². The van der Waals surface area contributed by atoms with Crippen molar-refractivity contribution in [2.24, 2.45) is 0 Å². The van der Waals surface area contributed by atoms with Crippen LogP contribution >= 0.6 is 66.8 Å². The molecule has 9 heteroatoms. The van der Waals surface area contributed by atoms with E-state index in [-0.39, 0.29) is 24.3 Å². The lowest BCUT2D eigenvalue weighted by Gasteiger charge is -2.13. The lowest BCUT2D eigenvalue weighted by molar-refractivity contribution is -0.123. The molecule has 1 aliphatic rings. The summed E-state index contributed by atoms with van der Waals surface area (Å²) in [6.07, 6.45) is 1.68. The van der Waals surface area contributed by atoms with Crippen LogP contribution in [0.4, 0.5) is 4.79 Å². The molecule has 0 radical (unpaired) electrons. The number of carbonyl (C=O) groups is 2. The van der Waals surface area contributed by atoms with Gasteiger partial charge in [-0.1, -0.05) is 73.3 Å². The Bertz CT molecular complexity index is 1270. The van der Waals surface area contributed by atoms with Crippen LogP contribution in [0.2, 0.25) is 10.0 Å². The third kappa shape index (κ3) is 6.03. The maximum Gasteiger partial charge on any atom is 0.293 e. The van der Waals surface area contributed by atoms with E-state index in [0.717, 1.165) is 31.8 Å². The van der Waals surface area contributed by atoms with Gasteiger partial charge in [0.2, 0.25) is 0 Å². The molecular formula is C24H15Br2Cl2NO3S. The molecule has 168 valence electrons. The standard InChI is InChI=1S/C24H15Br2Cl2NO3S/c25-17-4-1-14(2-5-17)12-29-23(30)22(33-24(29)31)10-16-9-18(26)6-8-21(16)32-13-15-3-7-19(27)11-20(15)28/h1-11H,12-13H2/b22-10-. The molecule has 0 aliphatic carbocycles. The van der Waals surface area contributed by atoms with Crippen molar-refractivity contribution in [1.29, 1.82) is 0 Å². The third-order valence-electron chi connectivity index (χ3n) is 4.78. The van der Waals surface area contributed by atoms with Crippen LogP contribution in [0.25, 0.3) is 6.08 Å². The molecule has 33 heavy (non-hydrogen) atoms. The molecule has 3 aromatic rings. The molecule has 0 N–H and O–H groups in total. The Morgan fingerprint density at radius 1 is 0.939 bits per heavy atom. The van der Waals surface area contributed by atoms with Crippen molar-refractivity contribution in [3.05, 3.63) is 101 Å². The first kappa shape index (κ1) is 24.4. The van der Waals surface area contributed by atoms with Gasteiger partial charge >= 0.3 is 0 Å². The average Bonchev–Trinajstić information content (AvgIpc) is 3.03. The fraction of sp³-hybridized carbons (Fsp3) is 0.0833. The molecule has 0 saturated carbocycles. The summed E-state index contributed by atoms with van der Waals surface area (Å²) in [5.74, 6) is 0.225. The third-order valence-corrected chi connectivity index (χ3v) is 7.30. The number of hydrogen-bond acceptors (Lipinski definition) is 4. The predicted octanol–water partition coefficient (Wildman–Crippen LogP) is 8.33. The van der Waals surface area contributed by atoms with E-state index in [2.05, 4.69) is 31.9 Å². The molecule has 2 amide bonds. The number of amides is 2. The Morgan fingerprint density at radius 2 is 1.67 bits per heavy atom. The SMILES string of the molecule is O=C1S/C(=C\c2cc(Br)ccc2OCc2ccc(Cl)cc2Cl)C(=O)N1Cc1ccc(Br)cc1. The summed E-state index contributed by atoms with van der Waals surface area (Å²) >= 11 is 20.0. The van der Waals surface area contributed by atoms with Gasteiger partial charge in [-0.25, -0.2) is 0 Å². The molecule has 0 bridgehead atoms. The van der Waals surface area contributed by atoms with Crippen molar-refractivity contribution in [3.8, 4) is 5.75 Å². The summed E-state index contributed by atoms with van der Waals surface area (Å²) in [5.41, 5.74) is 2.32. The number of hydrogen-bond donors (Lipinski definition) is 0. The van der Waals surface area contributed by atoms with Crippen LogP contribution in [0.1, 0.15) is 16.7 Å². The molecule has 4 rings (SSSR count). The Balaban J connectivity index is 1.55. The topological polar surface area (TPSA) is 46.6 Å². The van der Waals surface area contributed by atoms with Crippen molar-refractivity contribution < 1.29 is 14.3 Å². The number of halogens is 4. The second-order valence-electron chi connectivity index (χ2n) is 7.10. The summed E-state index contributed by atoms with van der Waals surface area (Å²) in [6.45, 7) is 0.440. The highest BCUT2D eigenvalue weighted by Gasteiger charge is 2.35. The molecule has 3 aromatic carbocycles. The van der Waals surface area contributed by atoms with Gasteiger partial charge < -0.3 is 4.74 Å². The second-order valence-corrected chi connectivity index (χ2v) is 10.8. The monoisotopic (exact) mass is 625 g/mol. The van der Waals surface area contributed by atoms with Crippen LogP contribution in [0.5, 0.6) is 5.75 Å². The first-order valence-electron chi connectivity index (χ1n) is 9.66. The van der Waals surface area contributed by atoms with E-state index in [1.54, 1.807) is 30.3 Å². The van der Waals surface area contributed by atoms with Crippen molar-refractivity contribution in [2.45, 2.75) is 13.2 Å². The van der Waals surface area contributed by atoms with Gasteiger partial charge in [-0.3, -0.25) is 14.5 Å². The smallest absolute Gasteiger partial charge is 0.293 e. The summed E-state index contributed by atoms with van der Waals surface area (Å²) in [5, 5.41) is 0.752. The molecule has 1 aliphatic heterocycles. The van der Waals surface area contributed by atoms with Crippen LogP contribution in [-0.2, 0) is 17.9 Å². The van der Waals surface area contributed by atoms with Gasteiger partial charge in [0, 0.05) is 30.1 Å². The van der Waals surface area contributed by atoms with E-state index >= 15 is 0 Å². The van der Waals surface area contributed by atoms with Gasteiger partial charge in [-0.2, -0.15) is 0 Å². The number of ether oxygens (including phenoxy) is 1. The highest BCUT2D eigenvalue weighted by molar-refractivity contribution is 9.10. The summed E-state index contributed by atoms with van der Waals surface area (Å²) in [7, 11) is 0. The molecule has 0 spiro atoms. The molecule has 0 atom stereocenters. The Labute approximate surface area is 222 Å². The zero-order valence-electron chi connectivity index (χ0n) is 16.9. The predicted molar refractivity (Wildman–Crippen MR) is 141 cm³/mol. The molecule has 1 heterocycles. The van der Waals surface area contributed by atoms with E-state index in [1.807, 2.05) is 36.4 Å². The highest BCUT2D eigenvalue weighted by Crippen LogP contribution is 2.36. The molecule has 4 nitrogen and oxygen atoms in total. The van der Waals surface area contributed by atoms with Gasteiger partial charge in [0.05, 0.1) is 11.4 Å². The summed E-state index contributed by atoms with van der Waals surface area (Å²) in [6, 6.07) is 18.2. The highest BCUT2D eigenvalue weighted by atomic mass is 79.9. The zero-order valence-corrected chi connectivity index (χ0v) is 22.4. The van der Waals surface area contributed by atoms with Crippen LogP contribution < -0.4 is 4.74 Å². The normalized spacial score (nSPS) is 14.9. The van der Waals surface area contributed by atoms with Gasteiger partial charge in [0.1, 0.15) is 12.4 Å². The van der Waals surface area contributed by atoms with Crippen LogP contribution in [0.3, 0.4) is 0 Å². The Kier molecular flexibility index (Phi) is 7.87. The maximum atomic E-state index is 13.0. The number of imide groups is 1. The minimum atomic E-state index is -0.334. The second kappa shape index (κ2) is 10.7. The quantitative estimate of drug-likeness (QED) is 0.258. The van der Waals surface area contributed by atoms with Crippen LogP contribution in [0.15, 0.2) is 74.5 Å².